The zero-order chi connectivity index (χ0) is 15.2. The predicted octanol–water partition coefficient (Wildman–Crippen LogP) is 2.36. The van der Waals surface area contributed by atoms with E-state index < -0.39 is 0 Å². The maximum Gasteiger partial charge on any atom is 0.227 e. The maximum atomic E-state index is 12.2. The SMILES string of the molecule is NC(N)=NCC1CCC(C(=O)Nc2ccc(Cl)cc2)CC1. The summed E-state index contributed by atoms with van der Waals surface area (Å²) in [7, 11) is 0. The second-order valence-corrected chi connectivity index (χ2v) is 5.92. The molecule has 1 saturated carbocycles. The van der Waals surface area contributed by atoms with E-state index in [1.54, 1.807) is 12.1 Å². The molecule has 0 bridgehead atoms. The lowest BCUT2D eigenvalue weighted by Gasteiger charge is -2.26. The van der Waals surface area contributed by atoms with Crippen LogP contribution in [0, 0.1) is 11.8 Å². The van der Waals surface area contributed by atoms with E-state index in [9.17, 15) is 4.79 Å². The third kappa shape index (κ3) is 4.93. The van der Waals surface area contributed by atoms with Crippen molar-refractivity contribution in [1.29, 1.82) is 0 Å². The summed E-state index contributed by atoms with van der Waals surface area (Å²) in [5.41, 5.74) is 11.5. The molecule has 1 aromatic carbocycles. The Kier molecular flexibility index (Phi) is 5.44. The van der Waals surface area contributed by atoms with Gasteiger partial charge in [-0.2, -0.15) is 0 Å². The minimum Gasteiger partial charge on any atom is -0.370 e. The van der Waals surface area contributed by atoms with Gasteiger partial charge in [0.05, 0.1) is 0 Å². The van der Waals surface area contributed by atoms with E-state index >= 15 is 0 Å². The first kappa shape index (κ1) is 15.6. The Balaban J connectivity index is 1.80. The maximum absolute atomic E-state index is 12.2. The summed E-state index contributed by atoms with van der Waals surface area (Å²) in [6.45, 7) is 0.661. The average molecular weight is 309 g/mol. The van der Waals surface area contributed by atoms with Gasteiger partial charge in [0.1, 0.15) is 0 Å². The number of aliphatic imine (C=N–C) groups is 1. The smallest absolute Gasteiger partial charge is 0.227 e. The molecule has 1 aliphatic carbocycles. The fraction of sp³-hybridized carbons (Fsp3) is 0.467. The molecule has 2 rings (SSSR count). The molecule has 1 aromatic rings. The molecular weight excluding hydrogens is 288 g/mol. The van der Waals surface area contributed by atoms with Crippen LogP contribution in [0.5, 0.6) is 0 Å². The van der Waals surface area contributed by atoms with Gasteiger partial charge in [0.25, 0.3) is 0 Å². The Bertz CT molecular complexity index is 503. The molecule has 0 heterocycles. The van der Waals surface area contributed by atoms with E-state index in [0.717, 1.165) is 31.4 Å². The van der Waals surface area contributed by atoms with E-state index in [-0.39, 0.29) is 17.8 Å². The third-order valence-corrected chi connectivity index (χ3v) is 4.11. The molecule has 114 valence electrons. The minimum absolute atomic E-state index is 0.0659. The molecule has 6 heteroatoms. The first-order valence-corrected chi connectivity index (χ1v) is 7.54. The molecule has 0 aliphatic heterocycles. The molecule has 1 fully saturated rings. The van der Waals surface area contributed by atoms with Gasteiger partial charge in [-0.05, 0) is 55.9 Å². The number of nitrogens with two attached hydrogens (primary N) is 2. The van der Waals surface area contributed by atoms with Crippen molar-refractivity contribution in [2.75, 3.05) is 11.9 Å². The van der Waals surface area contributed by atoms with Crippen LogP contribution in [0.1, 0.15) is 25.7 Å². The van der Waals surface area contributed by atoms with Crippen LogP contribution < -0.4 is 16.8 Å². The van der Waals surface area contributed by atoms with Crippen molar-refractivity contribution in [3.63, 3.8) is 0 Å². The Morgan fingerprint density at radius 1 is 1.19 bits per heavy atom. The van der Waals surface area contributed by atoms with Gasteiger partial charge in [-0.1, -0.05) is 11.6 Å². The van der Waals surface area contributed by atoms with Crippen LogP contribution in [-0.4, -0.2) is 18.4 Å². The van der Waals surface area contributed by atoms with Crippen LogP contribution in [-0.2, 0) is 4.79 Å². The monoisotopic (exact) mass is 308 g/mol. The van der Waals surface area contributed by atoms with Crippen LogP contribution in [0.2, 0.25) is 5.02 Å². The van der Waals surface area contributed by atoms with E-state index in [1.165, 1.54) is 0 Å². The first-order chi connectivity index (χ1) is 10.0. The fourth-order valence-corrected chi connectivity index (χ4v) is 2.75. The summed E-state index contributed by atoms with van der Waals surface area (Å²) >= 11 is 5.82. The van der Waals surface area contributed by atoms with Crippen molar-refractivity contribution in [2.24, 2.45) is 28.3 Å². The Morgan fingerprint density at radius 2 is 1.81 bits per heavy atom. The number of guanidine groups is 1. The van der Waals surface area contributed by atoms with Gasteiger partial charge in [0.2, 0.25) is 5.91 Å². The Morgan fingerprint density at radius 3 is 2.38 bits per heavy atom. The lowest BCUT2D eigenvalue weighted by atomic mass is 9.81. The van der Waals surface area contributed by atoms with Crippen molar-refractivity contribution in [1.82, 2.24) is 0 Å². The summed E-state index contributed by atoms with van der Waals surface area (Å²) in [5, 5.41) is 3.60. The van der Waals surface area contributed by atoms with Gasteiger partial charge < -0.3 is 16.8 Å². The van der Waals surface area contributed by atoms with Gasteiger partial charge in [-0.25, -0.2) is 0 Å². The number of nitrogens with zero attached hydrogens (tertiary/aromatic N) is 1. The van der Waals surface area contributed by atoms with Gasteiger partial charge in [0.15, 0.2) is 5.96 Å². The number of nitrogens with one attached hydrogen (secondary N) is 1. The topological polar surface area (TPSA) is 93.5 Å². The lowest BCUT2D eigenvalue weighted by Crippen LogP contribution is -2.29. The van der Waals surface area contributed by atoms with Crippen molar-refractivity contribution in [3.05, 3.63) is 29.3 Å². The van der Waals surface area contributed by atoms with Crippen LogP contribution in [0.3, 0.4) is 0 Å². The summed E-state index contributed by atoms with van der Waals surface area (Å²) in [4.78, 5) is 16.3. The highest BCUT2D eigenvalue weighted by atomic mass is 35.5. The minimum atomic E-state index is 0.0659. The molecule has 0 spiro atoms. The van der Waals surface area contributed by atoms with E-state index in [4.69, 9.17) is 23.1 Å². The van der Waals surface area contributed by atoms with Crippen LogP contribution >= 0.6 is 11.6 Å². The van der Waals surface area contributed by atoms with Crippen LogP contribution in [0.25, 0.3) is 0 Å². The highest BCUT2D eigenvalue weighted by Crippen LogP contribution is 2.30. The number of amides is 1. The number of carbonyl (C=O) groups excluding carboxylic acids is 1. The summed E-state index contributed by atoms with van der Waals surface area (Å²) in [5.74, 6) is 0.762. The summed E-state index contributed by atoms with van der Waals surface area (Å²) < 4.78 is 0. The van der Waals surface area contributed by atoms with Crippen LogP contribution in [0.4, 0.5) is 5.69 Å². The number of hydrogen-bond acceptors (Lipinski definition) is 2. The summed E-state index contributed by atoms with van der Waals surface area (Å²) in [6.07, 6.45) is 3.72. The quantitative estimate of drug-likeness (QED) is 0.589. The van der Waals surface area contributed by atoms with E-state index in [1.807, 2.05) is 12.1 Å². The molecule has 0 radical (unpaired) electrons. The van der Waals surface area contributed by atoms with Crippen molar-refractivity contribution < 1.29 is 4.79 Å². The number of benzene rings is 1. The molecule has 1 aliphatic rings. The molecule has 0 saturated heterocycles. The molecule has 0 aromatic heterocycles. The third-order valence-electron chi connectivity index (χ3n) is 3.86. The summed E-state index contributed by atoms with van der Waals surface area (Å²) in [6, 6.07) is 7.15. The molecule has 5 nitrogen and oxygen atoms in total. The number of carbonyl (C=O) groups is 1. The predicted molar refractivity (Wildman–Crippen MR) is 86.2 cm³/mol. The van der Waals surface area contributed by atoms with Crippen molar-refractivity contribution in [2.45, 2.75) is 25.7 Å². The second-order valence-electron chi connectivity index (χ2n) is 5.48. The average Bonchev–Trinajstić information content (AvgIpc) is 2.48. The zero-order valence-electron chi connectivity index (χ0n) is 11.9. The highest BCUT2D eigenvalue weighted by molar-refractivity contribution is 6.30. The molecule has 5 N–H and O–H groups in total. The van der Waals surface area contributed by atoms with Gasteiger partial charge in [-0.15, -0.1) is 0 Å². The molecule has 0 unspecified atom stereocenters. The van der Waals surface area contributed by atoms with Gasteiger partial charge in [0, 0.05) is 23.2 Å². The van der Waals surface area contributed by atoms with Gasteiger partial charge >= 0.3 is 0 Å². The zero-order valence-corrected chi connectivity index (χ0v) is 12.6. The first-order valence-electron chi connectivity index (χ1n) is 7.16. The Labute approximate surface area is 129 Å². The molecule has 1 amide bonds. The number of anilines is 1. The Hall–Kier alpha value is -1.75. The second kappa shape index (κ2) is 7.31. The van der Waals surface area contributed by atoms with Gasteiger partial charge in [-0.3, -0.25) is 9.79 Å². The highest BCUT2D eigenvalue weighted by Gasteiger charge is 2.26. The van der Waals surface area contributed by atoms with Crippen molar-refractivity contribution >= 4 is 29.2 Å². The molecular formula is C15H21ClN4O. The fourth-order valence-electron chi connectivity index (χ4n) is 2.62. The number of hydrogen-bond donors (Lipinski definition) is 3. The van der Waals surface area contributed by atoms with Crippen molar-refractivity contribution in [3.8, 4) is 0 Å². The molecule has 0 atom stereocenters. The largest absolute Gasteiger partial charge is 0.370 e. The number of rotatable bonds is 4. The number of halogens is 1. The standard InChI is InChI=1S/C15H21ClN4O/c16-12-5-7-13(8-6-12)20-14(21)11-3-1-10(2-4-11)9-19-15(17)18/h5-8,10-11H,1-4,9H2,(H,20,21)(H4,17,18,19). The normalized spacial score (nSPS) is 21.6. The van der Waals surface area contributed by atoms with E-state index in [0.29, 0.717) is 17.5 Å². The lowest BCUT2D eigenvalue weighted by molar-refractivity contribution is -0.121. The van der Waals surface area contributed by atoms with Crippen LogP contribution in [0.15, 0.2) is 29.3 Å². The van der Waals surface area contributed by atoms with E-state index in [2.05, 4.69) is 10.3 Å². The molecule has 21 heavy (non-hydrogen) atoms.